The van der Waals surface area contributed by atoms with Gasteiger partial charge in [-0.25, -0.2) is 0 Å². The number of ether oxygens (including phenoxy) is 1. The first-order valence-corrected chi connectivity index (χ1v) is 4.54. The fraction of sp³-hybridized carbons (Fsp3) is 0.455. The van der Waals surface area contributed by atoms with Gasteiger partial charge in [0.2, 0.25) is 0 Å². The number of nitrogens with one attached hydrogen (secondary N) is 1. The number of aryl methyl sites for hydroxylation is 1. The number of hydrogen-bond donors (Lipinski definition) is 1. The van der Waals surface area contributed by atoms with Crippen LogP contribution in [0.25, 0.3) is 0 Å². The molecule has 72 valence electrons. The molecule has 0 aliphatic rings. The second-order valence-electron chi connectivity index (χ2n) is 3.17. The molecule has 0 fully saturated rings. The summed E-state index contributed by atoms with van der Waals surface area (Å²) in [5, 5.41) is 3.33. The van der Waals surface area contributed by atoms with E-state index in [4.69, 9.17) is 4.74 Å². The van der Waals surface area contributed by atoms with Gasteiger partial charge in [-0.05, 0) is 31.0 Å². The van der Waals surface area contributed by atoms with E-state index in [1.165, 1.54) is 16.8 Å². The highest BCUT2D eigenvalue weighted by atomic mass is 16.5. The van der Waals surface area contributed by atoms with Crippen LogP contribution < -0.4 is 5.32 Å². The van der Waals surface area contributed by atoms with Crippen LogP contribution in [0, 0.1) is 13.8 Å². The third kappa shape index (κ3) is 2.74. The molecule has 0 aliphatic carbocycles. The summed E-state index contributed by atoms with van der Waals surface area (Å²) in [4.78, 5) is 0. The van der Waals surface area contributed by atoms with Crippen molar-refractivity contribution in [2.24, 2.45) is 0 Å². The lowest BCUT2D eigenvalue weighted by Gasteiger charge is -2.10. The van der Waals surface area contributed by atoms with Crippen molar-refractivity contribution in [1.29, 1.82) is 0 Å². The van der Waals surface area contributed by atoms with Gasteiger partial charge in [0.25, 0.3) is 0 Å². The minimum Gasteiger partial charge on any atom is -0.383 e. The Morgan fingerprint density at radius 3 is 2.77 bits per heavy atom. The summed E-state index contributed by atoms with van der Waals surface area (Å²) in [6.45, 7) is 5.86. The Balaban J connectivity index is 2.61. The Morgan fingerprint density at radius 2 is 2.08 bits per heavy atom. The van der Waals surface area contributed by atoms with Crippen LogP contribution in [0.4, 0.5) is 5.69 Å². The topological polar surface area (TPSA) is 21.3 Å². The maximum Gasteiger partial charge on any atom is 0.0635 e. The summed E-state index contributed by atoms with van der Waals surface area (Å²) in [5.74, 6) is 0. The molecular formula is C11H17NO. The van der Waals surface area contributed by atoms with Gasteiger partial charge in [0.1, 0.15) is 0 Å². The van der Waals surface area contributed by atoms with Crippen LogP contribution in [-0.2, 0) is 4.74 Å². The van der Waals surface area contributed by atoms with E-state index in [-0.39, 0.29) is 0 Å². The lowest BCUT2D eigenvalue weighted by Crippen LogP contribution is -2.08. The molecule has 1 aromatic rings. The van der Waals surface area contributed by atoms with E-state index in [0.29, 0.717) is 0 Å². The fourth-order valence-corrected chi connectivity index (χ4v) is 1.23. The highest BCUT2D eigenvalue weighted by Gasteiger charge is 1.98. The van der Waals surface area contributed by atoms with E-state index in [9.17, 15) is 0 Å². The van der Waals surface area contributed by atoms with Gasteiger partial charge in [-0.3, -0.25) is 0 Å². The van der Waals surface area contributed by atoms with Gasteiger partial charge in [-0.1, -0.05) is 12.1 Å². The minimum atomic E-state index is 0.743. The highest BCUT2D eigenvalue weighted by Crippen LogP contribution is 2.17. The maximum absolute atomic E-state index is 4.97. The molecule has 2 nitrogen and oxygen atoms in total. The van der Waals surface area contributed by atoms with E-state index in [1.54, 1.807) is 7.11 Å². The first kappa shape index (κ1) is 10.1. The van der Waals surface area contributed by atoms with Crippen LogP contribution in [-0.4, -0.2) is 20.3 Å². The molecule has 0 radical (unpaired) electrons. The first-order valence-electron chi connectivity index (χ1n) is 4.54. The van der Waals surface area contributed by atoms with Gasteiger partial charge >= 0.3 is 0 Å². The summed E-state index contributed by atoms with van der Waals surface area (Å²) >= 11 is 0. The Labute approximate surface area is 79.9 Å². The molecule has 0 amide bonds. The summed E-state index contributed by atoms with van der Waals surface area (Å²) in [6.07, 6.45) is 0. The van der Waals surface area contributed by atoms with Gasteiger partial charge in [0, 0.05) is 19.3 Å². The predicted octanol–water partition coefficient (Wildman–Crippen LogP) is 2.36. The van der Waals surface area contributed by atoms with Crippen molar-refractivity contribution in [3.05, 3.63) is 29.3 Å². The van der Waals surface area contributed by atoms with Gasteiger partial charge < -0.3 is 10.1 Å². The van der Waals surface area contributed by atoms with Crippen molar-refractivity contribution in [3.8, 4) is 0 Å². The molecule has 1 rings (SSSR count). The average molecular weight is 179 g/mol. The van der Waals surface area contributed by atoms with Crippen LogP contribution in [0.2, 0.25) is 0 Å². The summed E-state index contributed by atoms with van der Waals surface area (Å²) < 4.78 is 4.97. The van der Waals surface area contributed by atoms with Crippen LogP contribution in [0.15, 0.2) is 18.2 Å². The summed E-state index contributed by atoms with van der Waals surface area (Å²) in [7, 11) is 1.71. The second kappa shape index (κ2) is 4.87. The Hall–Kier alpha value is -1.02. The second-order valence-corrected chi connectivity index (χ2v) is 3.17. The van der Waals surface area contributed by atoms with Gasteiger partial charge in [-0.15, -0.1) is 0 Å². The van der Waals surface area contributed by atoms with Crippen molar-refractivity contribution in [1.82, 2.24) is 0 Å². The van der Waals surface area contributed by atoms with Crippen molar-refractivity contribution in [2.75, 3.05) is 25.6 Å². The maximum atomic E-state index is 4.97. The molecule has 0 bridgehead atoms. The molecule has 0 aromatic heterocycles. The molecular weight excluding hydrogens is 162 g/mol. The Morgan fingerprint density at radius 1 is 1.31 bits per heavy atom. The molecule has 0 heterocycles. The number of anilines is 1. The Kier molecular flexibility index (Phi) is 3.77. The van der Waals surface area contributed by atoms with E-state index >= 15 is 0 Å². The monoisotopic (exact) mass is 179 g/mol. The molecule has 0 saturated heterocycles. The number of rotatable bonds is 4. The third-order valence-corrected chi connectivity index (χ3v) is 2.23. The molecule has 1 N–H and O–H groups in total. The summed E-state index contributed by atoms with van der Waals surface area (Å²) in [6, 6.07) is 6.28. The molecule has 2 heteroatoms. The molecule has 0 aliphatic heterocycles. The van der Waals surface area contributed by atoms with Crippen molar-refractivity contribution in [3.63, 3.8) is 0 Å². The molecule has 13 heavy (non-hydrogen) atoms. The lowest BCUT2D eigenvalue weighted by atomic mass is 10.1. The van der Waals surface area contributed by atoms with Gasteiger partial charge in [-0.2, -0.15) is 0 Å². The number of hydrogen-bond acceptors (Lipinski definition) is 2. The lowest BCUT2D eigenvalue weighted by molar-refractivity contribution is 0.211. The standard InChI is InChI=1S/C11H17NO/c1-9-5-4-6-11(10(9)2)12-7-8-13-3/h4-6,12H,7-8H2,1-3H3. The van der Waals surface area contributed by atoms with Gasteiger partial charge in [0.15, 0.2) is 0 Å². The molecule has 0 spiro atoms. The molecule has 0 saturated carbocycles. The normalized spacial score (nSPS) is 10.1. The van der Waals surface area contributed by atoms with Crippen LogP contribution in [0.5, 0.6) is 0 Å². The van der Waals surface area contributed by atoms with Gasteiger partial charge in [0.05, 0.1) is 6.61 Å². The van der Waals surface area contributed by atoms with E-state index in [0.717, 1.165) is 13.2 Å². The van der Waals surface area contributed by atoms with Crippen LogP contribution in [0.3, 0.4) is 0 Å². The quantitative estimate of drug-likeness (QED) is 0.716. The third-order valence-electron chi connectivity index (χ3n) is 2.23. The smallest absolute Gasteiger partial charge is 0.0635 e. The summed E-state index contributed by atoms with van der Waals surface area (Å²) in [5.41, 5.74) is 3.85. The average Bonchev–Trinajstić information content (AvgIpc) is 2.13. The predicted molar refractivity (Wildman–Crippen MR) is 56.3 cm³/mol. The van der Waals surface area contributed by atoms with E-state index in [1.807, 2.05) is 0 Å². The molecule has 1 aromatic carbocycles. The van der Waals surface area contributed by atoms with Crippen LogP contribution >= 0.6 is 0 Å². The van der Waals surface area contributed by atoms with Crippen molar-refractivity contribution < 1.29 is 4.74 Å². The minimum absolute atomic E-state index is 0.743. The molecule has 0 atom stereocenters. The van der Waals surface area contributed by atoms with Crippen LogP contribution in [0.1, 0.15) is 11.1 Å². The van der Waals surface area contributed by atoms with Crippen molar-refractivity contribution in [2.45, 2.75) is 13.8 Å². The highest BCUT2D eigenvalue weighted by molar-refractivity contribution is 5.53. The van der Waals surface area contributed by atoms with E-state index < -0.39 is 0 Å². The zero-order valence-corrected chi connectivity index (χ0v) is 8.55. The number of methoxy groups -OCH3 is 1. The Bertz CT molecular complexity index is 271. The first-order chi connectivity index (χ1) is 6.25. The van der Waals surface area contributed by atoms with Crippen molar-refractivity contribution >= 4 is 5.69 Å². The zero-order chi connectivity index (χ0) is 9.68. The SMILES string of the molecule is COCCNc1cccc(C)c1C. The largest absolute Gasteiger partial charge is 0.383 e. The zero-order valence-electron chi connectivity index (χ0n) is 8.55. The number of benzene rings is 1. The van der Waals surface area contributed by atoms with E-state index in [2.05, 4.69) is 37.4 Å². The molecule has 0 unspecified atom stereocenters. The fourth-order valence-electron chi connectivity index (χ4n) is 1.23.